The van der Waals surface area contributed by atoms with E-state index in [4.69, 9.17) is 4.74 Å². The summed E-state index contributed by atoms with van der Waals surface area (Å²) in [5, 5.41) is 16.6. The van der Waals surface area contributed by atoms with Crippen molar-refractivity contribution in [2.75, 3.05) is 5.32 Å². The first-order valence-corrected chi connectivity index (χ1v) is 14.1. The topological polar surface area (TPSA) is 93.4 Å². The third-order valence-corrected chi connectivity index (χ3v) is 9.57. The summed E-state index contributed by atoms with van der Waals surface area (Å²) in [5.74, 6) is -2.81. The molecule has 1 aliphatic carbocycles. The number of amides is 1. The van der Waals surface area contributed by atoms with Crippen LogP contribution in [0.1, 0.15) is 37.0 Å². The molecule has 0 saturated heterocycles. The largest absolute Gasteiger partial charge is 0.481 e. The molecule has 0 bridgehead atoms. The fourth-order valence-corrected chi connectivity index (χ4v) is 7.20. The average Bonchev–Trinajstić information content (AvgIpc) is 3.34. The summed E-state index contributed by atoms with van der Waals surface area (Å²) in [6, 6.07) is 16.0. The smallest absolute Gasteiger partial charge is 0.413 e. The lowest BCUT2D eigenvalue weighted by Gasteiger charge is -2.14. The summed E-state index contributed by atoms with van der Waals surface area (Å²) in [6.45, 7) is 1.79. The molecule has 7 nitrogen and oxygen atoms in total. The average molecular weight is 580 g/mol. The number of hydrogen-bond acceptors (Lipinski definition) is 6. The number of carbonyl (C=O) groups is 2. The van der Waals surface area contributed by atoms with Crippen LogP contribution in [0.15, 0.2) is 60.8 Å². The number of carboxylic acid groups (broad SMARTS) is 1. The summed E-state index contributed by atoms with van der Waals surface area (Å²) in [6.07, 6.45) is 1.19. The number of anilines is 1. The Morgan fingerprint density at radius 3 is 2.30 bits per heavy atom. The van der Waals surface area contributed by atoms with Crippen molar-refractivity contribution in [2.24, 2.45) is 7.05 Å². The maximum atomic E-state index is 15.1. The molecule has 6 rings (SSSR count). The second kappa shape index (κ2) is 9.83. The molecule has 3 aromatic heterocycles. The van der Waals surface area contributed by atoms with Gasteiger partial charge in [-0.15, -0.1) is 22.7 Å². The van der Waals surface area contributed by atoms with Crippen LogP contribution < -0.4 is 5.32 Å². The van der Waals surface area contributed by atoms with Crippen LogP contribution in [0.4, 0.5) is 19.4 Å². The maximum Gasteiger partial charge on any atom is 0.413 e. The molecule has 5 aromatic rings. The van der Waals surface area contributed by atoms with Gasteiger partial charge in [-0.3, -0.25) is 14.8 Å². The van der Waals surface area contributed by atoms with E-state index in [-0.39, 0.29) is 11.1 Å². The number of halogens is 2. The second-order valence-corrected chi connectivity index (χ2v) is 11.9. The van der Waals surface area contributed by atoms with Gasteiger partial charge in [0, 0.05) is 37.3 Å². The fraction of sp³-hybridized carbons (Fsp3) is 0.207. The van der Waals surface area contributed by atoms with Gasteiger partial charge in [-0.05, 0) is 37.5 Å². The van der Waals surface area contributed by atoms with E-state index in [1.165, 1.54) is 34.8 Å². The number of rotatable bonds is 7. The van der Waals surface area contributed by atoms with Gasteiger partial charge in [0.25, 0.3) is 0 Å². The van der Waals surface area contributed by atoms with E-state index in [1.54, 1.807) is 30.9 Å². The Morgan fingerprint density at radius 2 is 1.68 bits per heavy atom. The van der Waals surface area contributed by atoms with Crippen LogP contribution in [-0.2, 0) is 22.0 Å². The highest BCUT2D eigenvalue weighted by Gasteiger charge is 2.53. The zero-order valence-electron chi connectivity index (χ0n) is 21.4. The Bertz CT molecular complexity index is 1740. The fourth-order valence-electron chi connectivity index (χ4n) is 4.78. The lowest BCUT2D eigenvalue weighted by Crippen LogP contribution is -2.21. The molecule has 1 saturated carbocycles. The number of aryl methyl sites for hydroxylation is 1. The van der Waals surface area contributed by atoms with Crippen molar-refractivity contribution in [1.82, 2.24) is 9.78 Å². The van der Waals surface area contributed by atoms with Gasteiger partial charge in [0.15, 0.2) is 11.6 Å². The molecule has 11 heteroatoms. The van der Waals surface area contributed by atoms with E-state index in [9.17, 15) is 19.1 Å². The minimum absolute atomic E-state index is 0.0939. The summed E-state index contributed by atoms with van der Waals surface area (Å²) in [7, 11) is 1.71. The maximum absolute atomic E-state index is 15.1. The molecule has 2 aromatic carbocycles. The first kappa shape index (κ1) is 26.1. The summed E-state index contributed by atoms with van der Waals surface area (Å²) in [5.41, 5.74) is 0.241. The van der Waals surface area contributed by atoms with E-state index in [2.05, 4.69) is 10.4 Å². The number of aromatic nitrogens is 2. The van der Waals surface area contributed by atoms with Crippen molar-refractivity contribution < 1.29 is 28.2 Å². The Balaban J connectivity index is 1.24. The van der Waals surface area contributed by atoms with E-state index in [0.29, 0.717) is 29.1 Å². The van der Waals surface area contributed by atoms with Gasteiger partial charge in [0.2, 0.25) is 0 Å². The number of hydrogen-bond donors (Lipinski definition) is 2. The molecule has 40 heavy (non-hydrogen) atoms. The van der Waals surface area contributed by atoms with Crippen LogP contribution in [0.3, 0.4) is 0 Å². The van der Waals surface area contributed by atoms with Crippen molar-refractivity contribution in [3.63, 3.8) is 0 Å². The van der Waals surface area contributed by atoms with Crippen LogP contribution in [0.2, 0.25) is 0 Å². The Kier molecular flexibility index (Phi) is 6.42. The minimum Gasteiger partial charge on any atom is -0.481 e. The van der Waals surface area contributed by atoms with Gasteiger partial charge in [0.1, 0.15) is 11.9 Å². The molecule has 0 unspecified atom stereocenters. The number of carboxylic acids is 1. The van der Waals surface area contributed by atoms with Gasteiger partial charge >= 0.3 is 12.1 Å². The first-order chi connectivity index (χ1) is 19.2. The molecule has 204 valence electrons. The highest BCUT2D eigenvalue weighted by molar-refractivity contribution is 7.31. The van der Waals surface area contributed by atoms with Crippen molar-refractivity contribution in [3.05, 3.63) is 83.6 Å². The lowest BCUT2D eigenvalue weighted by atomic mass is 9.94. The number of nitrogens with zero attached hydrogens (tertiary/aromatic N) is 2. The monoisotopic (exact) mass is 579 g/mol. The zero-order valence-corrected chi connectivity index (χ0v) is 23.0. The zero-order chi connectivity index (χ0) is 28.2. The summed E-state index contributed by atoms with van der Waals surface area (Å²) in [4.78, 5) is 25.7. The second-order valence-electron chi connectivity index (χ2n) is 9.74. The highest BCUT2D eigenvalue weighted by atomic mass is 32.1. The van der Waals surface area contributed by atoms with Gasteiger partial charge in [-0.2, -0.15) is 5.10 Å². The Labute approximate surface area is 235 Å². The Morgan fingerprint density at radius 1 is 1.02 bits per heavy atom. The van der Waals surface area contributed by atoms with Gasteiger partial charge < -0.3 is 9.84 Å². The third-order valence-electron chi connectivity index (χ3n) is 7.21. The number of benzene rings is 2. The van der Waals surface area contributed by atoms with Crippen LogP contribution in [-0.4, -0.2) is 26.9 Å². The molecule has 3 heterocycles. The van der Waals surface area contributed by atoms with Crippen LogP contribution >= 0.6 is 22.7 Å². The van der Waals surface area contributed by atoms with Crippen molar-refractivity contribution >= 4 is 50.0 Å². The Hall–Kier alpha value is -4.09. The molecule has 1 amide bonds. The van der Waals surface area contributed by atoms with Crippen molar-refractivity contribution in [2.45, 2.75) is 31.3 Å². The third kappa shape index (κ3) is 4.44. The minimum atomic E-state index is -1.32. The van der Waals surface area contributed by atoms with Crippen LogP contribution in [0.25, 0.3) is 30.3 Å². The molecular weight excluding hydrogens is 556 g/mol. The number of fused-ring (bicyclic) bond motifs is 1. The van der Waals surface area contributed by atoms with Gasteiger partial charge in [0.05, 0.1) is 17.2 Å². The van der Waals surface area contributed by atoms with E-state index < -0.39 is 35.2 Å². The van der Waals surface area contributed by atoms with Crippen molar-refractivity contribution in [3.8, 4) is 20.9 Å². The van der Waals surface area contributed by atoms with Gasteiger partial charge in [-0.1, -0.05) is 42.5 Å². The predicted octanol–water partition coefficient (Wildman–Crippen LogP) is 7.73. The number of nitrogens with one attached hydrogen (secondary N) is 1. The molecule has 1 fully saturated rings. The van der Waals surface area contributed by atoms with Crippen LogP contribution in [0.5, 0.6) is 0 Å². The molecule has 0 radical (unpaired) electrons. The van der Waals surface area contributed by atoms with E-state index in [0.717, 1.165) is 19.8 Å². The number of carbonyl (C=O) groups excluding carboxylic acids is 1. The molecule has 2 N–H and O–H groups in total. The lowest BCUT2D eigenvalue weighted by molar-refractivity contribution is -0.140. The number of thiophene rings is 2. The van der Waals surface area contributed by atoms with Crippen LogP contribution in [0, 0.1) is 11.6 Å². The number of ether oxygens (including phenoxy) is 1. The molecule has 1 aliphatic rings. The van der Waals surface area contributed by atoms with Gasteiger partial charge in [-0.25, -0.2) is 13.6 Å². The number of aliphatic carboxylic acids is 1. The molecule has 0 spiro atoms. The molecule has 0 aliphatic heterocycles. The standard InChI is InChI=1S/C29H23F2N3O4S2/c1-15(16-6-4-3-5-7-16)38-28(37)33-26-18(14-32-34(26)2)21-13-23-22(40-21)12-20(39-23)17-8-9-19(25(31)24(17)30)29(10-11-29)27(35)36/h3-9,12-15H,10-11H2,1-2H3,(H,33,37)(H,35,36)/t15-/m1/s1. The predicted molar refractivity (Wildman–Crippen MR) is 151 cm³/mol. The van der Waals surface area contributed by atoms with E-state index >= 15 is 4.39 Å². The quantitative estimate of drug-likeness (QED) is 0.206. The molecule has 1 atom stereocenters. The highest BCUT2D eigenvalue weighted by Crippen LogP contribution is 2.51. The normalized spacial score (nSPS) is 14.7. The first-order valence-electron chi connectivity index (χ1n) is 12.5. The molecular formula is C29H23F2N3O4S2. The summed E-state index contributed by atoms with van der Waals surface area (Å²) < 4.78 is 38.9. The SMILES string of the molecule is C[C@@H](OC(=O)Nc1c(-c2cc3sc(-c4ccc(C5(C(=O)O)CC5)c(F)c4F)cc3s2)cnn1C)c1ccccc1. The van der Waals surface area contributed by atoms with E-state index in [1.807, 2.05) is 36.4 Å². The van der Waals surface area contributed by atoms with Crippen molar-refractivity contribution in [1.29, 1.82) is 0 Å². The summed E-state index contributed by atoms with van der Waals surface area (Å²) >= 11 is 2.74.